The van der Waals surface area contributed by atoms with Crippen molar-refractivity contribution in [3.8, 4) is 5.75 Å². The lowest BCUT2D eigenvalue weighted by Crippen LogP contribution is -2.03. The van der Waals surface area contributed by atoms with Gasteiger partial charge < -0.3 is 10.4 Å². The van der Waals surface area contributed by atoms with E-state index in [1.807, 2.05) is 6.92 Å². The van der Waals surface area contributed by atoms with Gasteiger partial charge in [0.1, 0.15) is 11.4 Å². The van der Waals surface area contributed by atoms with E-state index in [2.05, 4.69) is 52.2 Å². The highest BCUT2D eigenvalue weighted by Gasteiger charge is 2.05. The summed E-state index contributed by atoms with van der Waals surface area (Å²) >= 11 is 3.55. The lowest BCUT2D eigenvalue weighted by atomic mass is 10.1. The molecular formula is C15H17BrN2O. The number of pyridine rings is 1. The van der Waals surface area contributed by atoms with Gasteiger partial charge in [-0.2, -0.15) is 0 Å². The van der Waals surface area contributed by atoms with E-state index in [9.17, 15) is 5.11 Å². The summed E-state index contributed by atoms with van der Waals surface area (Å²) in [7, 11) is 0. The molecule has 0 saturated carbocycles. The summed E-state index contributed by atoms with van der Waals surface area (Å²) in [4.78, 5) is 4.33. The molecule has 0 aliphatic carbocycles. The first-order valence-corrected chi connectivity index (χ1v) is 6.93. The van der Waals surface area contributed by atoms with E-state index in [4.69, 9.17) is 0 Å². The van der Waals surface area contributed by atoms with Crippen molar-refractivity contribution in [2.75, 3.05) is 5.32 Å². The highest BCUT2D eigenvalue weighted by atomic mass is 79.9. The van der Waals surface area contributed by atoms with Crippen molar-refractivity contribution in [3.63, 3.8) is 0 Å². The van der Waals surface area contributed by atoms with Gasteiger partial charge in [-0.15, -0.1) is 0 Å². The molecule has 1 aromatic carbocycles. The molecule has 0 radical (unpaired) electrons. The quantitative estimate of drug-likeness (QED) is 0.895. The lowest BCUT2D eigenvalue weighted by molar-refractivity contribution is 0.464. The molecule has 2 aromatic rings. The van der Waals surface area contributed by atoms with E-state index in [0.717, 1.165) is 15.9 Å². The third-order valence-corrected chi connectivity index (χ3v) is 4.24. The van der Waals surface area contributed by atoms with E-state index >= 15 is 0 Å². The molecule has 0 fully saturated rings. The van der Waals surface area contributed by atoms with Crippen LogP contribution in [0.4, 0.5) is 5.69 Å². The Hall–Kier alpha value is -1.55. The number of nitrogens with one attached hydrogen (secondary N) is 1. The smallest absolute Gasteiger partial charge is 0.138 e. The fraction of sp³-hybridized carbons (Fsp3) is 0.267. The van der Waals surface area contributed by atoms with Crippen LogP contribution >= 0.6 is 15.9 Å². The van der Waals surface area contributed by atoms with E-state index in [-0.39, 0.29) is 5.75 Å². The van der Waals surface area contributed by atoms with Crippen molar-refractivity contribution in [1.29, 1.82) is 0 Å². The van der Waals surface area contributed by atoms with Gasteiger partial charge in [-0.3, -0.25) is 4.98 Å². The first-order chi connectivity index (χ1) is 8.97. The number of anilines is 1. The van der Waals surface area contributed by atoms with Gasteiger partial charge in [-0.05, 0) is 56.2 Å². The average Bonchev–Trinajstić information content (AvgIpc) is 2.37. The summed E-state index contributed by atoms with van der Waals surface area (Å²) in [6, 6.07) is 7.62. The van der Waals surface area contributed by atoms with E-state index < -0.39 is 0 Å². The SMILES string of the molecule is Cc1ccc(O)c(CNc2cc(C)c(Br)c(C)c2)n1. The van der Waals surface area contributed by atoms with Crippen molar-refractivity contribution in [1.82, 2.24) is 4.98 Å². The van der Waals surface area contributed by atoms with Gasteiger partial charge in [-0.25, -0.2) is 0 Å². The Morgan fingerprint density at radius 1 is 1.16 bits per heavy atom. The molecule has 0 atom stereocenters. The Balaban J connectivity index is 2.17. The van der Waals surface area contributed by atoms with Crippen LogP contribution in [-0.4, -0.2) is 10.1 Å². The van der Waals surface area contributed by atoms with Gasteiger partial charge >= 0.3 is 0 Å². The number of aryl methyl sites for hydroxylation is 3. The van der Waals surface area contributed by atoms with E-state index in [0.29, 0.717) is 12.2 Å². The second-order valence-electron chi connectivity index (χ2n) is 4.70. The van der Waals surface area contributed by atoms with Crippen LogP contribution in [0, 0.1) is 20.8 Å². The number of aromatic hydroxyl groups is 1. The van der Waals surface area contributed by atoms with Crippen LogP contribution in [0.25, 0.3) is 0 Å². The molecule has 0 unspecified atom stereocenters. The minimum atomic E-state index is 0.226. The van der Waals surface area contributed by atoms with Crippen LogP contribution in [0.1, 0.15) is 22.5 Å². The predicted octanol–water partition coefficient (Wildman–Crippen LogP) is 4.09. The van der Waals surface area contributed by atoms with Crippen molar-refractivity contribution in [3.05, 3.63) is 51.3 Å². The molecule has 4 heteroatoms. The maximum absolute atomic E-state index is 9.76. The summed E-state index contributed by atoms with van der Waals surface area (Å²) in [5, 5.41) is 13.1. The Labute approximate surface area is 121 Å². The number of benzene rings is 1. The third-order valence-electron chi connectivity index (χ3n) is 2.99. The molecule has 2 rings (SSSR count). The summed E-state index contributed by atoms with van der Waals surface area (Å²) in [5.74, 6) is 0.226. The molecule has 3 nitrogen and oxygen atoms in total. The zero-order valence-corrected chi connectivity index (χ0v) is 12.9. The van der Waals surface area contributed by atoms with Crippen molar-refractivity contribution < 1.29 is 5.11 Å². The number of hydrogen-bond acceptors (Lipinski definition) is 3. The maximum Gasteiger partial charge on any atom is 0.138 e. The molecule has 0 aliphatic heterocycles. The largest absolute Gasteiger partial charge is 0.506 e. The third kappa shape index (κ3) is 3.26. The topological polar surface area (TPSA) is 45.1 Å². The molecule has 0 aliphatic rings. The molecule has 0 saturated heterocycles. The van der Waals surface area contributed by atoms with E-state index in [1.165, 1.54) is 11.1 Å². The first kappa shape index (κ1) is 13.9. The number of halogens is 1. The Morgan fingerprint density at radius 3 is 2.42 bits per heavy atom. The van der Waals surface area contributed by atoms with Crippen LogP contribution in [0.3, 0.4) is 0 Å². The van der Waals surface area contributed by atoms with Crippen LogP contribution in [-0.2, 0) is 6.54 Å². The van der Waals surface area contributed by atoms with Crippen LogP contribution in [0.5, 0.6) is 5.75 Å². The molecule has 1 aromatic heterocycles. The lowest BCUT2D eigenvalue weighted by Gasteiger charge is -2.11. The summed E-state index contributed by atoms with van der Waals surface area (Å²) in [5.41, 5.74) is 4.96. The monoisotopic (exact) mass is 320 g/mol. The minimum absolute atomic E-state index is 0.226. The molecule has 19 heavy (non-hydrogen) atoms. The molecule has 0 bridgehead atoms. The Morgan fingerprint density at radius 2 is 1.79 bits per heavy atom. The number of aromatic nitrogens is 1. The summed E-state index contributed by atoms with van der Waals surface area (Å²) in [6.45, 7) is 6.54. The van der Waals surface area contributed by atoms with Gasteiger partial charge in [0, 0.05) is 15.9 Å². The molecule has 1 heterocycles. The molecule has 2 N–H and O–H groups in total. The van der Waals surface area contributed by atoms with Crippen LogP contribution in [0.15, 0.2) is 28.7 Å². The molecule has 0 amide bonds. The van der Waals surface area contributed by atoms with Gasteiger partial charge in [0.15, 0.2) is 0 Å². The van der Waals surface area contributed by atoms with Gasteiger partial charge in [0.05, 0.1) is 6.54 Å². The van der Waals surface area contributed by atoms with Gasteiger partial charge in [-0.1, -0.05) is 15.9 Å². The zero-order chi connectivity index (χ0) is 14.0. The highest BCUT2D eigenvalue weighted by Crippen LogP contribution is 2.25. The fourth-order valence-electron chi connectivity index (χ4n) is 1.97. The Kier molecular flexibility index (Phi) is 4.10. The highest BCUT2D eigenvalue weighted by molar-refractivity contribution is 9.10. The number of nitrogens with zero attached hydrogens (tertiary/aromatic N) is 1. The number of hydrogen-bond donors (Lipinski definition) is 2. The van der Waals surface area contributed by atoms with Crippen molar-refractivity contribution in [2.45, 2.75) is 27.3 Å². The number of rotatable bonds is 3. The molecular weight excluding hydrogens is 304 g/mol. The standard InChI is InChI=1S/C15H17BrN2O/c1-9-6-12(7-10(2)15(9)16)17-8-13-14(19)5-4-11(3)18-13/h4-7,17,19H,8H2,1-3H3. The first-order valence-electron chi connectivity index (χ1n) is 6.13. The van der Waals surface area contributed by atoms with Gasteiger partial charge in [0.2, 0.25) is 0 Å². The average molecular weight is 321 g/mol. The minimum Gasteiger partial charge on any atom is -0.506 e. The fourth-order valence-corrected chi connectivity index (χ4v) is 2.20. The summed E-state index contributed by atoms with van der Waals surface area (Å²) < 4.78 is 1.13. The van der Waals surface area contributed by atoms with Crippen LogP contribution < -0.4 is 5.32 Å². The van der Waals surface area contributed by atoms with Crippen molar-refractivity contribution in [2.24, 2.45) is 0 Å². The van der Waals surface area contributed by atoms with Crippen LogP contribution in [0.2, 0.25) is 0 Å². The second-order valence-corrected chi connectivity index (χ2v) is 5.49. The van der Waals surface area contributed by atoms with Crippen molar-refractivity contribution >= 4 is 21.6 Å². The molecule has 0 spiro atoms. The maximum atomic E-state index is 9.76. The normalized spacial score (nSPS) is 10.5. The summed E-state index contributed by atoms with van der Waals surface area (Å²) in [6.07, 6.45) is 0. The van der Waals surface area contributed by atoms with Gasteiger partial charge in [0.25, 0.3) is 0 Å². The Bertz CT molecular complexity index is 588. The zero-order valence-electron chi connectivity index (χ0n) is 11.3. The molecule has 100 valence electrons. The second kappa shape index (κ2) is 5.61. The van der Waals surface area contributed by atoms with E-state index in [1.54, 1.807) is 12.1 Å². The predicted molar refractivity (Wildman–Crippen MR) is 81.6 cm³/mol.